The number of urea groups is 3. The minimum absolute atomic E-state index is 0. The van der Waals surface area contributed by atoms with E-state index in [2.05, 4.69) is 0 Å². The summed E-state index contributed by atoms with van der Waals surface area (Å²) in [4.78, 5) is 73.0. The van der Waals surface area contributed by atoms with Crippen molar-refractivity contribution in [3.63, 3.8) is 0 Å². The minimum atomic E-state index is -1.75. The second kappa shape index (κ2) is 31.8. The number of piperidine rings is 6. The van der Waals surface area contributed by atoms with Crippen LogP contribution in [0.5, 0.6) is 0 Å². The van der Waals surface area contributed by atoms with Gasteiger partial charge in [-0.2, -0.15) is 0 Å². The number of amides is 6. The zero-order chi connectivity index (χ0) is 40.1. The summed E-state index contributed by atoms with van der Waals surface area (Å²) in [5.41, 5.74) is 0. The van der Waals surface area contributed by atoms with E-state index in [4.69, 9.17) is 46.0 Å². The van der Waals surface area contributed by atoms with Gasteiger partial charge < -0.3 is 75.4 Å². The SMILES string of the molecule is O=C(N1CCCCC1)N1CCCCC1.O=C(N1CCCCC1)N1CCCCC1.O=C(N1CCCCC1)N1CCCCC1.O=[N+]([O-])[O-].O=[N+]([O-])[O-].O=[N+]([O-])[O-].[La+3]. The first-order valence-corrected chi connectivity index (χ1v) is 19.4. The van der Waals surface area contributed by atoms with Gasteiger partial charge in [-0.15, -0.1) is 0 Å². The van der Waals surface area contributed by atoms with Crippen molar-refractivity contribution in [1.29, 1.82) is 0 Å². The Hall–Kier alpha value is -3.40. The van der Waals surface area contributed by atoms with E-state index in [0.29, 0.717) is 18.1 Å². The van der Waals surface area contributed by atoms with Crippen LogP contribution in [0.4, 0.5) is 14.4 Å². The largest absolute Gasteiger partial charge is 3.00 e. The Morgan fingerprint density at radius 3 is 0.455 bits per heavy atom. The summed E-state index contributed by atoms with van der Waals surface area (Å²) in [7, 11) is 0. The molecule has 0 saturated carbocycles. The minimum Gasteiger partial charge on any atom is -0.356 e. The van der Waals surface area contributed by atoms with E-state index in [1.807, 2.05) is 29.4 Å². The monoisotopic (exact) mass is 913 g/mol. The van der Waals surface area contributed by atoms with Crippen LogP contribution < -0.4 is 0 Å². The Morgan fingerprint density at radius 1 is 0.273 bits per heavy atom. The zero-order valence-corrected chi connectivity index (χ0v) is 35.8. The quantitative estimate of drug-likeness (QED) is 0.215. The molecule has 0 radical (unpaired) electrons. The molecule has 21 nitrogen and oxygen atoms in total. The van der Waals surface area contributed by atoms with Gasteiger partial charge in [0.2, 0.25) is 0 Å². The van der Waals surface area contributed by atoms with Crippen LogP contribution in [0.15, 0.2) is 0 Å². The van der Waals surface area contributed by atoms with Gasteiger partial charge in [-0.1, -0.05) is 0 Å². The molecule has 0 aliphatic carbocycles. The number of nitrogens with zero attached hydrogens (tertiary/aromatic N) is 9. The molecule has 0 atom stereocenters. The molecule has 6 amide bonds. The first-order chi connectivity index (χ1) is 25.8. The topological polar surface area (TPSA) is 269 Å². The summed E-state index contributed by atoms with van der Waals surface area (Å²) in [5, 5.41) is 44.2. The van der Waals surface area contributed by atoms with Gasteiger partial charge in [0.1, 0.15) is 0 Å². The van der Waals surface area contributed by atoms with Gasteiger partial charge in [0.15, 0.2) is 0 Å². The molecule has 6 aliphatic rings. The number of carbonyl (C=O) groups is 3. The molecule has 0 N–H and O–H groups in total. The number of hydrogen-bond donors (Lipinski definition) is 0. The van der Waals surface area contributed by atoms with Crippen LogP contribution >= 0.6 is 0 Å². The summed E-state index contributed by atoms with van der Waals surface area (Å²) in [6.45, 7) is 11.8. The van der Waals surface area contributed by atoms with Crippen LogP contribution in [0.2, 0.25) is 0 Å². The molecule has 0 spiro atoms. The molecule has 6 rings (SSSR count). The van der Waals surface area contributed by atoms with Crippen LogP contribution in [0.1, 0.15) is 116 Å². The van der Waals surface area contributed by atoms with Crippen molar-refractivity contribution < 1.29 is 65.2 Å². The van der Waals surface area contributed by atoms with Gasteiger partial charge in [0.05, 0.1) is 15.3 Å². The summed E-state index contributed by atoms with van der Waals surface area (Å²) in [6, 6.07) is 0.887. The molecule has 0 aromatic heterocycles. The molecule has 0 unspecified atom stereocenters. The maximum atomic E-state index is 12.0. The molecule has 6 saturated heterocycles. The average molecular weight is 914 g/mol. The van der Waals surface area contributed by atoms with E-state index in [1.165, 1.54) is 116 Å². The van der Waals surface area contributed by atoms with Crippen LogP contribution in [0, 0.1) is 81.6 Å². The number of carbonyl (C=O) groups excluding carboxylic acids is 3. The van der Waals surface area contributed by atoms with E-state index in [9.17, 15) is 14.4 Å². The van der Waals surface area contributed by atoms with Crippen LogP contribution in [0.3, 0.4) is 0 Å². The van der Waals surface area contributed by atoms with E-state index >= 15 is 0 Å². The second-order valence-corrected chi connectivity index (χ2v) is 13.8. The van der Waals surface area contributed by atoms with Crippen molar-refractivity contribution in [1.82, 2.24) is 29.4 Å². The van der Waals surface area contributed by atoms with E-state index in [0.717, 1.165) is 78.5 Å². The molecule has 22 heteroatoms. The maximum absolute atomic E-state index is 12.0. The Kier molecular flexibility index (Phi) is 29.8. The summed E-state index contributed by atoms with van der Waals surface area (Å²) < 4.78 is 0. The first-order valence-electron chi connectivity index (χ1n) is 19.4. The van der Waals surface area contributed by atoms with Gasteiger partial charge in [-0.25, -0.2) is 14.4 Å². The summed E-state index contributed by atoms with van der Waals surface area (Å²) in [5.74, 6) is 0. The molecule has 6 fully saturated rings. The predicted octanol–water partition coefficient (Wildman–Crippen LogP) is 5.52. The number of likely N-dealkylation sites (tertiary alicyclic amines) is 6. The van der Waals surface area contributed by atoms with E-state index in [-0.39, 0.29) is 35.6 Å². The summed E-state index contributed by atoms with van der Waals surface area (Å²) >= 11 is 0. The van der Waals surface area contributed by atoms with Gasteiger partial charge in [-0.3, -0.25) is 0 Å². The van der Waals surface area contributed by atoms with Crippen LogP contribution in [-0.4, -0.2) is 141 Å². The predicted molar refractivity (Wildman–Crippen MR) is 200 cm³/mol. The third-order valence-electron chi connectivity index (χ3n) is 9.76. The van der Waals surface area contributed by atoms with Crippen molar-refractivity contribution in [2.24, 2.45) is 0 Å². The smallest absolute Gasteiger partial charge is 0.356 e. The molecule has 0 aromatic rings. The van der Waals surface area contributed by atoms with Crippen molar-refractivity contribution in [3.05, 3.63) is 46.0 Å². The van der Waals surface area contributed by atoms with Gasteiger partial charge in [-0.05, 0) is 116 Å². The molecule has 0 aromatic carbocycles. The fourth-order valence-corrected chi connectivity index (χ4v) is 7.11. The molecular weight excluding hydrogens is 853 g/mol. The Morgan fingerprint density at radius 2 is 0.364 bits per heavy atom. The third kappa shape index (κ3) is 25.4. The second-order valence-electron chi connectivity index (χ2n) is 13.8. The number of hydrogen-bond acceptors (Lipinski definition) is 12. The first kappa shape index (κ1) is 51.6. The molecule has 55 heavy (non-hydrogen) atoms. The Bertz CT molecular complexity index is 889. The third-order valence-corrected chi connectivity index (χ3v) is 9.76. The van der Waals surface area contributed by atoms with Crippen molar-refractivity contribution in [2.45, 2.75) is 116 Å². The van der Waals surface area contributed by atoms with Gasteiger partial charge in [0.25, 0.3) is 0 Å². The van der Waals surface area contributed by atoms with E-state index in [1.54, 1.807) is 0 Å². The molecule has 6 aliphatic heterocycles. The van der Waals surface area contributed by atoms with Gasteiger partial charge in [0, 0.05) is 78.5 Å². The maximum Gasteiger partial charge on any atom is 3.00 e. The van der Waals surface area contributed by atoms with Crippen LogP contribution in [-0.2, 0) is 0 Å². The van der Waals surface area contributed by atoms with Gasteiger partial charge >= 0.3 is 53.7 Å². The van der Waals surface area contributed by atoms with Crippen molar-refractivity contribution in [2.75, 3.05) is 78.5 Å². The average Bonchev–Trinajstić information content (AvgIpc) is 3.19. The van der Waals surface area contributed by atoms with Crippen molar-refractivity contribution in [3.8, 4) is 0 Å². The summed E-state index contributed by atoms with van der Waals surface area (Å²) in [6.07, 6.45) is 22.1. The normalized spacial score (nSPS) is 19.4. The van der Waals surface area contributed by atoms with Crippen molar-refractivity contribution >= 4 is 18.1 Å². The Balaban J connectivity index is 0.000000688. The zero-order valence-electron chi connectivity index (χ0n) is 32.2. The molecular formula is C33H60LaN9O12. The standard InChI is InChI=1S/3C11H20N2O.La.3NO3/c3*14-11(12-7-3-1-4-8-12)13-9-5-2-6-10-13;;3*2-1(3)4/h3*1-10H2;;;;/q;;;+3;3*-1. The Labute approximate surface area is 351 Å². The molecule has 6 heterocycles. The fraction of sp³-hybridized carbons (Fsp3) is 0.909. The number of rotatable bonds is 0. The van der Waals surface area contributed by atoms with E-state index < -0.39 is 15.3 Å². The fourth-order valence-electron chi connectivity index (χ4n) is 7.11. The molecule has 0 bridgehead atoms. The molecule has 312 valence electrons. The van der Waals surface area contributed by atoms with Crippen LogP contribution in [0.25, 0.3) is 0 Å².